The van der Waals surface area contributed by atoms with Crippen molar-refractivity contribution in [1.82, 2.24) is 36.0 Å². The zero-order valence-electron chi connectivity index (χ0n) is 16.5. The Kier molecular flexibility index (Phi) is 6.15. The summed E-state index contributed by atoms with van der Waals surface area (Å²) in [6.45, 7) is 5.93. The minimum absolute atomic E-state index is 0.176. The van der Waals surface area contributed by atoms with Crippen LogP contribution in [0.4, 0.5) is 0 Å². The number of aliphatic hydroxyl groups excluding tert-OH is 1. The van der Waals surface area contributed by atoms with Gasteiger partial charge in [-0.1, -0.05) is 32.4 Å². The number of carbonyl (C=O) groups is 2. The summed E-state index contributed by atoms with van der Waals surface area (Å²) in [4.78, 5) is 25.4. The standard InChI is InChI=1S/C18H24ClN7O3/c1-18(2,3)15(27)17(29)26-14(6-7-22-26)16(28)20-9-11-8-12(19)4-5-13(11)25-10-21-23-24-25/h4-5,8,10,14-15,22,27H,6-7,9H2,1-3H3,(H,20,28)/t14-,15-/m0/s1. The second kappa shape index (κ2) is 8.44. The van der Waals surface area contributed by atoms with Gasteiger partial charge in [-0.2, -0.15) is 0 Å². The zero-order chi connectivity index (χ0) is 21.2. The molecule has 0 spiro atoms. The molecule has 0 bridgehead atoms. The first-order valence-corrected chi connectivity index (χ1v) is 9.60. The minimum atomic E-state index is -1.22. The van der Waals surface area contributed by atoms with Gasteiger partial charge in [0.2, 0.25) is 5.91 Å². The third-order valence-electron chi connectivity index (χ3n) is 4.70. The monoisotopic (exact) mass is 421 g/mol. The average molecular weight is 422 g/mol. The van der Waals surface area contributed by atoms with Crippen molar-refractivity contribution in [3.63, 3.8) is 0 Å². The molecule has 11 heteroatoms. The van der Waals surface area contributed by atoms with Crippen molar-refractivity contribution >= 4 is 23.4 Å². The second-order valence-corrected chi connectivity index (χ2v) is 8.37. The Bertz CT molecular complexity index is 882. The lowest BCUT2D eigenvalue weighted by atomic mass is 9.88. The van der Waals surface area contributed by atoms with Gasteiger partial charge in [0.25, 0.3) is 5.91 Å². The molecule has 2 atom stereocenters. The van der Waals surface area contributed by atoms with E-state index in [1.807, 2.05) is 0 Å². The molecule has 1 aliphatic rings. The predicted molar refractivity (Wildman–Crippen MR) is 105 cm³/mol. The first-order valence-electron chi connectivity index (χ1n) is 9.22. The highest BCUT2D eigenvalue weighted by molar-refractivity contribution is 6.30. The summed E-state index contributed by atoms with van der Waals surface area (Å²) in [5.74, 6) is -0.848. The molecule has 156 valence electrons. The lowest BCUT2D eigenvalue weighted by Crippen LogP contribution is -2.55. The summed E-state index contributed by atoms with van der Waals surface area (Å²) >= 11 is 6.10. The molecule has 1 aliphatic heterocycles. The Balaban J connectivity index is 1.71. The first kappa shape index (κ1) is 21.2. The summed E-state index contributed by atoms with van der Waals surface area (Å²) < 4.78 is 1.48. The molecule has 1 aromatic carbocycles. The lowest BCUT2D eigenvalue weighted by molar-refractivity contribution is -0.153. The van der Waals surface area contributed by atoms with Gasteiger partial charge in [0.1, 0.15) is 18.5 Å². The van der Waals surface area contributed by atoms with E-state index in [9.17, 15) is 14.7 Å². The Morgan fingerprint density at radius 2 is 2.17 bits per heavy atom. The summed E-state index contributed by atoms with van der Waals surface area (Å²) in [6, 6.07) is 4.47. The quantitative estimate of drug-likeness (QED) is 0.639. The Morgan fingerprint density at radius 3 is 2.83 bits per heavy atom. The summed E-state index contributed by atoms with van der Waals surface area (Å²) in [5, 5.41) is 26.0. The number of hydrogen-bond acceptors (Lipinski definition) is 7. The molecule has 29 heavy (non-hydrogen) atoms. The van der Waals surface area contributed by atoms with Gasteiger partial charge in [-0.05, 0) is 46.0 Å². The van der Waals surface area contributed by atoms with Crippen molar-refractivity contribution in [3.05, 3.63) is 35.1 Å². The van der Waals surface area contributed by atoms with E-state index in [-0.39, 0.29) is 12.5 Å². The number of carbonyl (C=O) groups excluding carboxylic acids is 2. The van der Waals surface area contributed by atoms with Gasteiger partial charge in [0, 0.05) is 18.1 Å². The van der Waals surface area contributed by atoms with E-state index >= 15 is 0 Å². The van der Waals surface area contributed by atoms with E-state index in [4.69, 9.17) is 11.6 Å². The smallest absolute Gasteiger partial charge is 0.266 e. The molecular formula is C18H24ClN7O3. The maximum absolute atomic E-state index is 12.8. The van der Waals surface area contributed by atoms with E-state index in [1.165, 1.54) is 16.0 Å². The molecule has 2 aromatic rings. The molecular weight excluding hydrogens is 398 g/mol. The fraction of sp³-hybridized carbons (Fsp3) is 0.500. The number of aliphatic hydroxyl groups is 1. The number of benzene rings is 1. The van der Waals surface area contributed by atoms with E-state index in [0.29, 0.717) is 23.7 Å². The molecule has 2 amide bonds. The molecule has 2 heterocycles. The zero-order valence-corrected chi connectivity index (χ0v) is 17.2. The van der Waals surface area contributed by atoms with E-state index in [2.05, 4.69) is 26.3 Å². The maximum atomic E-state index is 12.8. The minimum Gasteiger partial charge on any atom is -0.383 e. The van der Waals surface area contributed by atoms with Crippen molar-refractivity contribution < 1.29 is 14.7 Å². The van der Waals surface area contributed by atoms with Gasteiger partial charge < -0.3 is 10.4 Å². The maximum Gasteiger partial charge on any atom is 0.266 e. The average Bonchev–Trinajstić information content (AvgIpc) is 3.36. The van der Waals surface area contributed by atoms with Gasteiger partial charge >= 0.3 is 0 Å². The van der Waals surface area contributed by atoms with Crippen molar-refractivity contribution in [2.24, 2.45) is 5.41 Å². The highest BCUT2D eigenvalue weighted by Gasteiger charge is 2.40. The van der Waals surface area contributed by atoms with Crippen LogP contribution in [-0.4, -0.2) is 60.8 Å². The third kappa shape index (κ3) is 4.72. The van der Waals surface area contributed by atoms with Gasteiger partial charge in [-0.25, -0.2) is 10.1 Å². The predicted octanol–water partition coefficient (Wildman–Crippen LogP) is 0.444. The van der Waals surface area contributed by atoms with Crippen LogP contribution in [0.5, 0.6) is 0 Å². The van der Waals surface area contributed by atoms with Gasteiger partial charge in [0.05, 0.1) is 5.69 Å². The number of halogens is 1. The number of hydrazine groups is 1. The van der Waals surface area contributed by atoms with Crippen LogP contribution in [-0.2, 0) is 16.1 Å². The second-order valence-electron chi connectivity index (χ2n) is 7.93. The fourth-order valence-corrected chi connectivity index (χ4v) is 3.23. The van der Waals surface area contributed by atoms with Crippen LogP contribution in [0.25, 0.3) is 5.69 Å². The number of aromatic nitrogens is 4. The third-order valence-corrected chi connectivity index (χ3v) is 4.93. The SMILES string of the molecule is CC(C)(C)[C@@H](O)C(=O)N1NCC[C@H]1C(=O)NCc1cc(Cl)ccc1-n1cnnn1. The molecule has 3 rings (SSSR count). The van der Waals surface area contributed by atoms with Crippen molar-refractivity contribution in [2.45, 2.75) is 45.9 Å². The molecule has 1 saturated heterocycles. The topological polar surface area (TPSA) is 125 Å². The first-order chi connectivity index (χ1) is 13.7. The van der Waals surface area contributed by atoms with Gasteiger partial charge in [-0.15, -0.1) is 5.10 Å². The van der Waals surface area contributed by atoms with Gasteiger partial charge in [0.15, 0.2) is 0 Å². The molecule has 0 unspecified atom stereocenters. The Labute approximate surface area is 173 Å². The lowest BCUT2D eigenvalue weighted by Gasteiger charge is -2.31. The Morgan fingerprint density at radius 1 is 1.41 bits per heavy atom. The van der Waals surface area contributed by atoms with Crippen LogP contribution in [0.1, 0.15) is 32.8 Å². The highest BCUT2D eigenvalue weighted by atomic mass is 35.5. The van der Waals surface area contributed by atoms with E-state index in [0.717, 1.165) is 5.56 Å². The largest absolute Gasteiger partial charge is 0.383 e. The number of amides is 2. The molecule has 0 aliphatic carbocycles. The van der Waals surface area contributed by atoms with Crippen LogP contribution in [0.3, 0.4) is 0 Å². The summed E-state index contributed by atoms with van der Waals surface area (Å²) in [6.07, 6.45) is 0.677. The van der Waals surface area contributed by atoms with Crippen LogP contribution in [0.2, 0.25) is 5.02 Å². The normalized spacial score (nSPS) is 18.0. The number of rotatable bonds is 5. The number of tetrazole rings is 1. The molecule has 0 radical (unpaired) electrons. The van der Waals surface area contributed by atoms with Crippen molar-refractivity contribution in [3.8, 4) is 5.69 Å². The van der Waals surface area contributed by atoms with Crippen molar-refractivity contribution in [2.75, 3.05) is 6.54 Å². The molecule has 1 aromatic heterocycles. The molecule has 1 fully saturated rings. The molecule has 10 nitrogen and oxygen atoms in total. The molecule has 0 saturated carbocycles. The van der Waals surface area contributed by atoms with Crippen LogP contribution < -0.4 is 10.7 Å². The van der Waals surface area contributed by atoms with E-state index < -0.39 is 23.5 Å². The van der Waals surface area contributed by atoms with E-state index in [1.54, 1.807) is 39.0 Å². The number of nitrogens with zero attached hydrogens (tertiary/aromatic N) is 5. The van der Waals surface area contributed by atoms with Crippen LogP contribution in [0.15, 0.2) is 24.5 Å². The van der Waals surface area contributed by atoms with Crippen molar-refractivity contribution in [1.29, 1.82) is 0 Å². The number of nitrogens with one attached hydrogen (secondary N) is 2. The molecule has 3 N–H and O–H groups in total. The number of hydrogen-bond donors (Lipinski definition) is 3. The van der Waals surface area contributed by atoms with Crippen LogP contribution in [0, 0.1) is 5.41 Å². The fourth-order valence-electron chi connectivity index (χ4n) is 3.03. The summed E-state index contributed by atoms with van der Waals surface area (Å²) in [7, 11) is 0. The Hall–Kier alpha value is -2.56. The highest BCUT2D eigenvalue weighted by Crippen LogP contribution is 2.23. The van der Waals surface area contributed by atoms with Gasteiger partial charge in [-0.3, -0.25) is 14.6 Å². The van der Waals surface area contributed by atoms with Crippen LogP contribution >= 0.6 is 11.6 Å². The summed E-state index contributed by atoms with van der Waals surface area (Å²) in [5.41, 5.74) is 3.66.